The summed E-state index contributed by atoms with van der Waals surface area (Å²) in [7, 11) is 2.17. The quantitative estimate of drug-likeness (QED) is 0.838. The SMILES string of the molecule is Cc1occc1C(=O)N1CCn2c(CN3CCN(C)CC3)cnc2[C@@H]1C. The lowest BCUT2D eigenvalue weighted by Crippen LogP contribution is -2.45. The van der Waals surface area contributed by atoms with Crippen molar-refractivity contribution in [3.8, 4) is 0 Å². The molecule has 0 bridgehead atoms. The molecule has 2 aromatic heterocycles. The van der Waals surface area contributed by atoms with Crippen molar-refractivity contribution >= 4 is 5.91 Å². The van der Waals surface area contributed by atoms with Crippen molar-refractivity contribution in [1.29, 1.82) is 0 Å². The highest BCUT2D eigenvalue weighted by Crippen LogP contribution is 2.28. The Morgan fingerprint density at radius 1 is 1.23 bits per heavy atom. The average molecular weight is 357 g/mol. The number of fused-ring (bicyclic) bond motifs is 1. The standard InChI is InChI=1S/C19H27N5O2/c1-14-18-20-12-16(13-22-7-5-21(3)6-8-22)24(18)10-9-23(14)19(25)17-4-11-26-15(17)2/h4,11-12,14H,5-10,13H2,1-3H3/t14-/m0/s1. The number of amides is 1. The van der Waals surface area contributed by atoms with Crippen LogP contribution in [0.4, 0.5) is 0 Å². The maximum Gasteiger partial charge on any atom is 0.258 e. The van der Waals surface area contributed by atoms with Gasteiger partial charge in [-0.2, -0.15) is 0 Å². The Kier molecular flexibility index (Phi) is 4.58. The summed E-state index contributed by atoms with van der Waals surface area (Å²) in [6, 6.07) is 1.72. The van der Waals surface area contributed by atoms with Gasteiger partial charge in [-0.1, -0.05) is 0 Å². The van der Waals surface area contributed by atoms with Gasteiger partial charge in [0.15, 0.2) is 0 Å². The van der Waals surface area contributed by atoms with Crippen LogP contribution in [0.3, 0.4) is 0 Å². The van der Waals surface area contributed by atoms with Crippen LogP contribution in [0.15, 0.2) is 22.9 Å². The van der Waals surface area contributed by atoms with Crippen LogP contribution in [-0.4, -0.2) is 69.9 Å². The van der Waals surface area contributed by atoms with Gasteiger partial charge in [0.05, 0.1) is 23.6 Å². The van der Waals surface area contributed by atoms with Gasteiger partial charge in [0, 0.05) is 52.0 Å². The molecule has 7 nitrogen and oxygen atoms in total. The fourth-order valence-corrected chi connectivity index (χ4v) is 3.96. The summed E-state index contributed by atoms with van der Waals surface area (Å²) < 4.78 is 7.60. The molecular weight excluding hydrogens is 330 g/mol. The number of aryl methyl sites for hydroxylation is 1. The normalized spacial score (nSPS) is 21.8. The monoisotopic (exact) mass is 357 g/mol. The summed E-state index contributed by atoms with van der Waals surface area (Å²) in [5, 5.41) is 0. The molecule has 0 unspecified atom stereocenters. The van der Waals surface area contributed by atoms with Gasteiger partial charge in [-0.15, -0.1) is 0 Å². The minimum absolute atomic E-state index is 0.0265. The summed E-state index contributed by atoms with van der Waals surface area (Å²) in [5.74, 6) is 1.68. The molecule has 2 aliphatic rings. The van der Waals surface area contributed by atoms with Crippen molar-refractivity contribution in [2.75, 3.05) is 39.8 Å². The maximum atomic E-state index is 12.9. The van der Waals surface area contributed by atoms with Crippen LogP contribution in [0, 0.1) is 6.92 Å². The number of rotatable bonds is 3. The molecule has 0 saturated carbocycles. The lowest BCUT2D eigenvalue weighted by Gasteiger charge is -2.35. The van der Waals surface area contributed by atoms with E-state index >= 15 is 0 Å². The van der Waals surface area contributed by atoms with E-state index < -0.39 is 0 Å². The first-order valence-corrected chi connectivity index (χ1v) is 9.35. The fraction of sp³-hybridized carbons (Fsp3) is 0.579. The second-order valence-electron chi connectivity index (χ2n) is 7.40. The number of nitrogens with zero attached hydrogens (tertiary/aromatic N) is 5. The molecule has 1 saturated heterocycles. The van der Waals surface area contributed by atoms with E-state index in [1.54, 1.807) is 12.3 Å². The average Bonchev–Trinajstić information content (AvgIpc) is 3.24. The second kappa shape index (κ2) is 6.89. The highest BCUT2D eigenvalue weighted by molar-refractivity contribution is 5.95. The molecule has 0 radical (unpaired) electrons. The number of carbonyl (C=O) groups is 1. The van der Waals surface area contributed by atoms with Crippen LogP contribution >= 0.6 is 0 Å². The predicted octanol–water partition coefficient (Wildman–Crippen LogP) is 1.75. The summed E-state index contributed by atoms with van der Waals surface area (Å²) in [4.78, 5) is 24.3. The molecule has 26 heavy (non-hydrogen) atoms. The van der Waals surface area contributed by atoms with Crippen molar-refractivity contribution in [3.05, 3.63) is 41.4 Å². The number of aromatic nitrogens is 2. The second-order valence-corrected chi connectivity index (χ2v) is 7.40. The number of hydrogen-bond acceptors (Lipinski definition) is 5. The van der Waals surface area contributed by atoms with Crippen molar-refractivity contribution in [2.45, 2.75) is 33.0 Å². The number of furan rings is 1. The molecule has 7 heteroatoms. The van der Waals surface area contributed by atoms with E-state index in [1.807, 2.05) is 18.0 Å². The summed E-state index contributed by atoms with van der Waals surface area (Å²) >= 11 is 0. The Labute approximate surface area is 154 Å². The number of piperazine rings is 1. The fourth-order valence-electron chi connectivity index (χ4n) is 3.96. The summed E-state index contributed by atoms with van der Waals surface area (Å²) in [6.07, 6.45) is 3.56. The molecule has 0 aliphatic carbocycles. The van der Waals surface area contributed by atoms with Gasteiger partial charge in [-0.05, 0) is 27.0 Å². The zero-order valence-corrected chi connectivity index (χ0v) is 15.8. The maximum absolute atomic E-state index is 12.9. The summed E-state index contributed by atoms with van der Waals surface area (Å²) in [6.45, 7) is 10.7. The van der Waals surface area contributed by atoms with Gasteiger partial charge in [0.25, 0.3) is 5.91 Å². The highest BCUT2D eigenvalue weighted by atomic mass is 16.3. The minimum atomic E-state index is -0.0354. The van der Waals surface area contributed by atoms with Crippen LogP contribution in [0.2, 0.25) is 0 Å². The molecule has 2 aromatic rings. The smallest absolute Gasteiger partial charge is 0.258 e. The van der Waals surface area contributed by atoms with E-state index in [2.05, 4.69) is 33.3 Å². The van der Waals surface area contributed by atoms with Gasteiger partial charge < -0.3 is 18.8 Å². The highest BCUT2D eigenvalue weighted by Gasteiger charge is 2.32. The number of likely N-dealkylation sites (N-methyl/N-ethyl adjacent to an activating group) is 1. The van der Waals surface area contributed by atoms with E-state index in [-0.39, 0.29) is 11.9 Å². The first-order valence-electron chi connectivity index (χ1n) is 9.35. The minimum Gasteiger partial charge on any atom is -0.469 e. The molecule has 140 valence electrons. The lowest BCUT2D eigenvalue weighted by atomic mass is 10.1. The van der Waals surface area contributed by atoms with Crippen molar-refractivity contribution in [3.63, 3.8) is 0 Å². The Bertz CT molecular complexity index is 788. The number of imidazole rings is 1. The van der Waals surface area contributed by atoms with Crippen LogP contribution < -0.4 is 0 Å². The number of carbonyl (C=O) groups excluding carboxylic acids is 1. The summed E-state index contributed by atoms with van der Waals surface area (Å²) in [5.41, 5.74) is 1.90. The molecule has 1 amide bonds. The van der Waals surface area contributed by atoms with E-state index in [1.165, 1.54) is 5.69 Å². The molecule has 4 heterocycles. The van der Waals surface area contributed by atoms with Gasteiger partial charge in [0.2, 0.25) is 0 Å². The topological polar surface area (TPSA) is 57.8 Å². The Hall–Kier alpha value is -2.12. The molecule has 0 aromatic carbocycles. The molecule has 1 fully saturated rings. The van der Waals surface area contributed by atoms with Crippen molar-refractivity contribution in [2.24, 2.45) is 0 Å². The van der Waals surface area contributed by atoms with Crippen molar-refractivity contribution < 1.29 is 9.21 Å². The molecule has 4 rings (SSSR count). The van der Waals surface area contributed by atoms with Gasteiger partial charge in [-0.25, -0.2) is 4.98 Å². The Morgan fingerprint density at radius 3 is 2.69 bits per heavy atom. The Morgan fingerprint density at radius 2 is 2.00 bits per heavy atom. The Balaban J connectivity index is 1.49. The largest absolute Gasteiger partial charge is 0.469 e. The third-order valence-electron chi connectivity index (χ3n) is 5.71. The van der Waals surface area contributed by atoms with Crippen molar-refractivity contribution in [1.82, 2.24) is 24.3 Å². The molecule has 1 atom stereocenters. The van der Waals surface area contributed by atoms with E-state index in [0.29, 0.717) is 17.9 Å². The van der Waals surface area contributed by atoms with Crippen LogP contribution in [0.1, 0.15) is 40.6 Å². The first-order chi connectivity index (χ1) is 12.5. The van der Waals surface area contributed by atoms with E-state index in [4.69, 9.17) is 4.42 Å². The molecule has 2 aliphatic heterocycles. The zero-order chi connectivity index (χ0) is 18.3. The number of hydrogen-bond donors (Lipinski definition) is 0. The van der Waals surface area contributed by atoms with E-state index in [0.717, 1.165) is 45.1 Å². The molecule has 0 spiro atoms. The zero-order valence-electron chi connectivity index (χ0n) is 15.8. The van der Waals surface area contributed by atoms with Gasteiger partial charge in [0.1, 0.15) is 11.6 Å². The van der Waals surface area contributed by atoms with Gasteiger partial charge in [-0.3, -0.25) is 9.69 Å². The van der Waals surface area contributed by atoms with Crippen LogP contribution in [-0.2, 0) is 13.1 Å². The predicted molar refractivity (Wildman–Crippen MR) is 97.9 cm³/mol. The first kappa shape index (κ1) is 17.3. The van der Waals surface area contributed by atoms with E-state index in [9.17, 15) is 4.79 Å². The van der Waals surface area contributed by atoms with Crippen LogP contribution in [0.5, 0.6) is 0 Å². The van der Waals surface area contributed by atoms with Gasteiger partial charge >= 0.3 is 0 Å². The third-order valence-corrected chi connectivity index (χ3v) is 5.71. The molecule has 0 N–H and O–H groups in total. The van der Waals surface area contributed by atoms with Crippen LogP contribution in [0.25, 0.3) is 0 Å². The lowest BCUT2D eigenvalue weighted by molar-refractivity contribution is 0.0632. The molecular formula is C19H27N5O2. The third kappa shape index (κ3) is 3.05.